The lowest BCUT2D eigenvalue weighted by atomic mass is 9.95. The molecule has 1 aliphatic rings. The summed E-state index contributed by atoms with van der Waals surface area (Å²) in [5, 5.41) is 6.11. The van der Waals surface area contributed by atoms with E-state index >= 15 is 0 Å². The van der Waals surface area contributed by atoms with E-state index in [9.17, 15) is 18.8 Å². The standard InChI is InChI=1S/C36H36ClFN4O3/c1-2-29(26-9-4-3-5-10-26)36(45)42-20-8-19-41(21-22-42)33-18-17-28(40-35(44)30-11-6-7-12-32(30)37)23-31(33)34(43)39-24-25-13-15-27(38)16-14-25/h3-7,9-18,23,29H,2,8,19-22,24H2,1H3,(H,39,43)(H,40,44)/t29-/m1/s1. The van der Waals surface area contributed by atoms with Crippen molar-refractivity contribution < 1.29 is 18.8 Å². The van der Waals surface area contributed by atoms with Crippen LogP contribution in [0.1, 0.15) is 57.5 Å². The van der Waals surface area contributed by atoms with Crippen LogP contribution in [0.15, 0.2) is 97.1 Å². The minimum Gasteiger partial charge on any atom is -0.369 e. The van der Waals surface area contributed by atoms with Crippen LogP contribution in [0.2, 0.25) is 5.02 Å². The van der Waals surface area contributed by atoms with Gasteiger partial charge in [-0.1, -0.05) is 73.1 Å². The summed E-state index contributed by atoms with van der Waals surface area (Å²) in [5.74, 6) is -1.17. The molecule has 1 heterocycles. The molecule has 9 heteroatoms. The normalized spacial score (nSPS) is 13.9. The first-order valence-electron chi connectivity index (χ1n) is 15.1. The minimum atomic E-state index is -0.390. The van der Waals surface area contributed by atoms with Gasteiger partial charge in [0.25, 0.3) is 11.8 Å². The summed E-state index contributed by atoms with van der Waals surface area (Å²) in [5.41, 5.74) is 3.61. The highest BCUT2D eigenvalue weighted by Crippen LogP contribution is 2.28. The Morgan fingerprint density at radius 1 is 0.822 bits per heavy atom. The Balaban J connectivity index is 1.37. The van der Waals surface area contributed by atoms with E-state index in [2.05, 4.69) is 15.5 Å². The number of hydrogen-bond donors (Lipinski definition) is 2. The lowest BCUT2D eigenvalue weighted by molar-refractivity contribution is -0.132. The van der Waals surface area contributed by atoms with Crippen molar-refractivity contribution >= 4 is 40.7 Å². The summed E-state index contributed by atoms with van der Waals surface area (Å²) >= 11 is 6.23. The summed E-state index contributed by atoms with van der Waals surface area (Å²) in [7, 11) is 0. The molecule has 2 N–H and O–H groups in total. The van der Waals surface area contributed by atoms with Gasteiger partial charge in [-0.25, -0.2) is 4.39 Å². The Bertz CT molecular complexity index is 1650. The molecule has 3 amide bonds. The van der Waals surface area contributed by atoms with E-state index in [1.807, 2.05) is 48.2 Å². The van der Waals surface area contributed by atoms with Crippen LogP contribution in [-0.4, -0.2) is 48.8 Å². The molecule has 5 rings (SSSR count). The van der Waals surface area contributed by atoms with E-state index in [1.54, 1.807) is 48.5 Å². The predicted molar refractivity (Wildman–Crippen MR) is 176 cm³/mol. The van der Waals surface area contributed by atoms with Gasteiger partial charge in [0.05, 0.1) is 22.1 Å². The Hall–Kier alpha value is -4.69. The minimum absolute atomic E-state index is 0.112. The molecular formula is C36H36ClFN4O3. The third kappa shape index (κ3) is 7.88. The first-order chi connectivity index (χ1) is 21.8. The quantitative estimate of drug-likeness (QED) is 0.212. The molecule has 0 aromatic heterocycles. The monoisotopic (exact) mass is 626 g/mol. The van der Waals surface area contributed by atoms with Crippen molar-refractivity contribution in [1.82, 2.24) is 10.2 Å². The summed E-state index contributed by atoms with van der Waals surface area (Å²) in [4.78, 5) is 44.3. The molecule has 0 saturated carbocycles. The number of nitrogens with one attached hydrogen (secondary N) is 2. The fourth-order valence-corrected chi connectivity index (χ4v) is 5.85. The lowest BCUT2D eigenvalue weighted by Gasteiger charge is -2.28. The molecule has 0 aliphatic carbocycles. The van der Waals surface area contributed by atoms with Crippen LogP contribution >= 0.6 is 11.6 Å². The van der Waals surface area contributed by atoms with Crippen LogP contribution < -0.4 is 15.5 Å². The predicted octanol–water partition coefficient (Wildman–Crippen LogP) is 6.89. The summed E-state index contributed by atoms with van der Waals surface area (Å²) in [6.45, 7) is 4.56. The second-order valence-electron chi connectivity index (χ2n) is 11.0. The maximum absolute atomic E-state index is 13.6. The second kappa shape index (κ2) is 14.9. The third-order valence-electron chi connectivity index (χ3n) is 8.04. The number of rotatable bonds is 9. The Kier molecular flexibility index (Phi) is 10.5. The molecule has 0 spiro atoms. The number of nitrogens with zero attached hydrogens (tertiary/aromatic N) is 2. The molecule has 1 aliphatic heterocycles. The number of halogens is 2. The molecule has 1 atom stereocenters. The number of benzene rings is 4. The van der Waals surface area contributed by atoms with E-state index in [1.165, 1.54) is 12.1 Å². The molecule has 45 heavy (non-hydrogen) atoms. The van der Waals surface area contributed by atoms with Gasteiger partial charge in [0, 0.05) is 44.1 Å². The number of hydrogen-bond acceptors (Lipinski definition) is 4. The molecule has 0 radical (unpaired) electrons. The summed E-state index contributed by atoms with van der Waals surface area (Å²) in [6, 6.07) is 27.8. The molecule has 1 fully saturated rings. The summed E-state index contributed by atoms with van der Waals surface area (Å²) < 4.78 is 13.4. The largest absolute Gasteiger partial charge is 0.369 e. The average Bonchev–Trinajstić information content (AvgIpc) is 3.32. The SMILES string of the molecule is CC[C@@H](C(=O)N1CCCN(c2ccc(NC(=O)c3ccccc3Cl)cc2C(=O)NCc2ccc(F)cc2)CC1)c1ccccc1. The Morgan fingerprint density at radius 2 is 1.56 bits per heavy atom. The molecular weight excluding hydrogens is 591 g/mol. The number of amides is 3. The molecule has 0 bridgehead atoms. The van der Waals surface area contributed by atoms with E-state index in [-0.39, 0.29) is 36.0 Å². The zero-order valence-corrected chi connectivity index (χ0v) is 25.9. The molecule has 232 valence electrons. The molecule has 7 nitrogen and oxygen atoms in total. The maximum atomic E-state index is 13.6. The van der Waals surface area contributed by atoms with Gasteiger partial charge in [-0.05, 0) is 66.4 Å². The number of carbonyl (C=O) groups is 3. The molecule has 4 aromatic carbocycles. The van der Waals surface area contributed by atoms with Crippen LogP contribution in [0.4, 0.5) is 15.8 Å². The molecule has 1 saturated heterocycles. The maximum Gasteiger partial charge on any atom is 0.257 e. The van der Waals surface area contributed by atoms with Gasteiger partial charge in [-0.2, -0.15) is 0 Å². The van der Waals surface area contributed by atoms with Crippen molar-refractivity contribution in [3.05, 3.63) is 130 Å². The van der Waals surface area contributed by atoms with E-state index in [4.69, 9.17) is 11.6 Å². The van der Waals surface area contributed by atoms with E-state index in [0.29, 0.717) is 60.1 Å². The Morgan fingerprint density at radius 3 is 2.29 bits per heavy atom. The van der Waals surface area contributed by atoms with Crippen molar-refractivity contribution in [2.45, 2.75) is 32.2 Å². The van der Waals surface area contributed by atoms with Crippen molar-refractivity contribution in [3.63, 3.8) is 0 Å². The Labute approximate surface area is 268 Å². The summed E-state index contributed by atoms with van der Waals surface area (Å²) in [6.07, 6.45) is 1.45. The fraction of sp³-hybridized carbons (Fsp3) is 0.250. The van der Waals surface area contributed by atoms with Gasteiger partial charge in [-0.3, -0.25) is 14.4 Å². The van der Waals surface area contributed by atoms with Crippen LogP contribution in [0.3, 0.4) is 0 Å². The van der Waals surface area contributed by atoms with Crippen LogP contribution in [0.5, 0.6) is 0 Å². The van der Waals surface area contributed by atoms with E-state index in [0.717, 1.165) is 17.5 Å². The zero-order valence-electron chi connectivity index (χ0n) is 25.1. The van der Waals surface area contributed by atoms with E-state index < -0.39 is 0 Å². The van der Waals surface area contributed by atoms with Crippen molar-refractivity contribution in [2.75, 3.05) is 36.4 Å². The van der Waals surface area contributed by atoms with Gasteiger partial charge < -0.3 is 20.4 Å². The van der Waals surface area contributed by atoms with Gasteiger partial charge in [0.2, 0.25) is 5.91 Å². The van der Waals surface area contributed by atoms with Gasteiger partial charge >= 0.3 is 0 Å². The number of carbonyl (C=O) groups excluding carboxylic acids is 3. The first kappa shape index (κ1) is 31.7. The lowest BCUT2D eigenvalue weighted by Crippen LogP contribution is -2.38. The number of anilines is 2. The highest BCUT2D eigenvalue weighted by molar-refractivity contribution is 6.34. The smallest absolute Gasteiger partial charge is 0.257 e. The zero-order chi connectivity index (χ0) is 31.8. The van der Waals surface area contributed by atoms with Crippen molar-refractivity contribution in [3.8, 4) is 0 Å². The van der Waals surface area contributed by atoms with Crippen molar-refractivity contribution in [2.24, 2.45) is 0 Å². The second-order valence-corrected chi connectivity index (χ2v) is 11.4. The first-order valence-corrected chi connectivity index (χ1v) is 15.5. The average molecular weight is 627 g/mol. The fourth-order valence-electron chi connectivity index (χ4n) is 5.63. The highest BCUT2D eigenvalue weighted by Gasteiger charge is 2.27. The van der Waals surface area contributed by atoms with Gasteiger partial charge in [0.15, 0.2) is 0 Å². The third-order valence-corrected chi connectivity index (χ3v) is 8.37. The molecule has 0 unspecified atom stereocenters. The van der Waals surface area contributed by atoms with Crippen LogP contribution in [-0.2, 0) is 11.3 Å². The van der Waals surface area contributed by atoms with Crippen molar-refractivity contribution in [1.29, 1.82) is 0 Å². The van der Waals surface area contributed by atoms with Gasteiger partial charge in [-0.15, -0.1) is 0 Å². The van der Waals surface area contributed by atoms with Crippen LogP contribution in [0.25, 0.3) is 0 Å². The topological polar surface area (TPSA) is 81.8 Å². The highest BCUT2D eigenvalue weighted by atomic mass is 35.5. The van der Waals surface area contributed by atoms with Gasteiger partial charge in [0.1, 0.15) is 5.82 Å². The molecule has 4 aromatic rings. The van der Waals surface area contributed by atoms with Crippen LogP contribution in [0, 0.1) is 5.82 Å².